The van der Waals surface area contributed by atoms with Crippen molar-refractivity contribution in [3.05, 3.63) is 28.5 Å². The fourth-order valence-electron chi connectivity index (χ4n) is 2.22. The summed E-state index contributed by atoms with van der Waals surface area (Å²) in [5, 5.41) is 0. The maximum absolute atomic E-state index is 12.2. The van der Waals surface area contributed by atoms with Gasteiger partial charge >= 0.3 is 6.09 Å². The van der Waals surface area contributed by atoms with E-state index >= 15 is 0 Å². The van der Waals surface area contributed by atoms with Crippen LogP contribution in [-0.2, 0) is 4.74 Å². The molecule has 1 aliphatic heterocycles. The Balaban J connectivity index is 2.15. The molecule has 0 spiro atoms. The van der Waals surface area contributed by atoms with Crippen LogP contribution in [0.25, 0.3) is 0 Å². The van der Waals surface area contributed by atoms with Gasteiger partial charge in [-0.3, -0.25) is 4.90 Å². The molecular formula is C14H19BrN2O2. The van der Waals surface area contributed by atoms with Crippen molar-refractivity contribution >= 4 is 22.0 Å². The summed E-state index contributed by atoms with van der Waals surface area (Å²) in [7, 11) is 0. The summed E-state index contributed by atoms with van der Waals surface area (Å²) in [6, 6.07) is 5.80. The van der Waals surface area contributed by atoms with Gasteiger partial charge in [-0.1, -0.05) is 6.07 Å². The second-order valence-electron chi connectivity index (χ2n) is 5.72. The number of amides is 1. The molecule has 0 unspecified atom stereocenters. The van der Waals surface area contributed by atoms with Crippen molar-refractivity contribution in [2.24, 2.45) is 0 Å². The first kappa shape index (κ1) is 14.3. The first-order valence-corrected chi connectivity index (χ1v) is 7.28. The highest BCUT2D eigenvalue weighted by Gasteiger charge is 2.33. The molecule has 19 heavy (non-hydrogen) atoms. The SMILES string of the molecule is CC(C)(C)OC(=O)N1CCC[C@@H]1c1cccc(Br)n1. The number of rotatable bonds is 1. The molecule has 0 N–H and O–H groups in total. The van der Waals surface area contributed by atoms with Crippen LogP contribution in [-0.4, -0.2) is 28.1 Å². The Bertz CT molecular complexity index is 471. The second kappa shape index (κ2) is 5.49. The van der Waals surface area contributed by atoms with Crippen LogP contribution in [0.5, 0.6) is 0 Å². The van der Waals surface area contributed by atoms with Crippen molar-refractivity contribution in [1.29, 1.82) is 0 Å². The number of carbonyl (C=O) groups excluding carboxylic acids is 1. The largest absolute Gasteiger partial charge is 0.444 e. The van der Waals surface area contributed by atoms with Crippen molar-refractivity contribution in [2.75, 3.05) is 6.54 Å². The number of nitrogens with zero attached hydrogens (tertiary/aromatic N) is 2. The molecule has 1 amide bonds. The third-order valence-electron chi connectivity index (χ3n) is 2.96. The Morgan fingerprint density at radius 3 is 2.84 bits per heavy atom. The van der Waals surface area contributed by atoms with Gasteiger partial charge in [0.1, 0.15) is 10.2 Å². The van der Waals surface area contributed by atoms with E-state index in [2.05, 4.69) is 20.9 Å². The molecule has 0 bridgehead atoms. The van der Waals surface area contributed by atoms with E-state index in [-0.39, 0.29) is 12.1 Å². The summed E-state index contributed by atoms with van der Waals surface area (Å²) < 4.78 is 6.24. The molecule has 1 aromatic heterocycles. The third-order valence-corrected chi connectivity index (χ3v) is 3.40. The summed E-state index contributed by atoms with van der Waals surface area (Å²) >= 11 is 3.37. The molecule has 0 aromatic carbocycles. The van der Waals surface area contributed by atoms with E-state index < -0.39 is 5.60 Å². The van der Waals surface area contributed by atoms with Gasteiger partial charge in [0.25, 0.3) is 0 Å². The summed E-state index contributed by atoms with van der Waals surface area (Å²) in [5.41, 5.74) is 0.451. The second-order valence-corrected chi connectivity index (χ2v) is 6.53. The highest BCUT2D eigenvalue weighted by molar-refractivity contribution is 9.10. The number of hydrogen-bond acceptors (Lipinski definition) is 3. The van der Waals surface area contributed by atoms with Crippen LogP contribution < -0.4 is 0 Å². The lowest BCUT2D eigenvalue weighted by atomic mass is 10.1. The van der Waals surface area contributed by atoms with E-state index in [1.165, 1.54) is 0 Å². The van der Waals surface area contributed by atoms with E-state index in [0.717, 1.165) is 29.7 Å². The lowest BCUT2D eigenvalue weighted by molar-refractivity contribution is 0.0221. The predicted octanol–water partition coefficient (Wildman–Crippen LogP) is 3.92. The lowest BCUT2D eigenvalue weighted by Crippen LogP contribution is -2.36. The molecule has 1 fully saturated rings. The number of pyridine rings is 1. The zero-order valence-electron chi connectivity index (χ0n) is 11.5. The quantitative estimate of drug-likeness (QED) is 0.734. The molecule has 1 aromatic rings. The van der Waals surface area contributed by atoms with Gasteiger partial charge in [0.05, 0.1) is 11.7 Å². The van der Waals surface area contributed by atoms with Gasteiger partial charge in [0.2, 0.25) is 0 Å². The lowest BCUT2D eigenvalue weighted by Gasteiger charge is -2.28. The summed E-state index contributed by atoms with van der Waals surface area (Å²) in [5.74, 6) is 0. The first-order valence-electron chi connectivity index (χ1n) is 6.49. The summed E-state index contributed by atoms with van der Waals surface area (Å²) in [6.07, 6.45) is 1.66. The molecule has 0 aliphatic carbocycles. The molecule has 2 heterocycles. The van der Waals surface area contributed by atoms with Crippen molar-refractivity contribution in [2.45, 2.75) is 45.3 Å². The summed E-state index contributed by atoms with van der Waals surface area (Å²) in [4.78, 5) is 18.4. The van der Waals surface area contributed by atoms with E-state index in [1.807, 2.05) is 39.0 Å². The first-order chi connectivity index (χ1) is 8.87. The molecule has 104 valence electrons. The minimum absolute atomic E-state index is 0.0207. The average Bonchev–Trinajstić information content (AvgIpc) is 2.75. The topological polar surface area (TPSA) is 42.4 Å². The average molecular weight is 327 g/mol. The highest BCUT2D eigenvalue weighted by atomic mass is 79.9. The van der Waals surface area contributed by atoms with Gasteiger partial charge in [0.15, 0.2) is 0 Å². The highest BCUT2D eigenvalue weighted by Crippen LogP contribution is 2.32. The van der Waals surface area contributed by atoms with Gasteiger partial charge in [-0.25, -0.2) is 9.78 Å². The standard InChI is InChI=1S/C14H19BrN2O2/c1-14(2,3)19-13(18)17-9-5-7-11(17)10-6-4-8-12(15)16-10/h4,6,8,11H,5,7,9H2,1-3H3/t11-/m1/s1. The van der Waals surface area contributed by atoms with E-state index in [1.54, 1.807) is 4.90 Å². The smallest absolute Gasteiger partial charge is 0.410 e. The number of halogens is 1. The van der Waals surface area contributed by atoms with Crippen LogP contribution >= 0.6 is 15.9 Å². The number of ether oxygens (including phenoxy) is 1. The zero-order valence-corrected chi connectivity index (χ0v) is 13.1. The van der Waals surface area contributed by atoms with Gasteiger partial charge in [-0.05, 0) is 61.7 Å². The Hall–Kier alpha value is -1.10. The minimum Gasteiger partial charge on any atom is -0.444 e. The normalized spacial score (nSPS) is 19.6. The van der Waals surface area contributed by atoms with Gasteiger partial charge in [-0.2, -0.15) is 0 Å². The van der Waals surface area contributed by atoms with Crippen LogP contribution in [0.15, 0.2) is 22.8 Å². The van der Waals surface area contributed by atoms with Crippen LogP contribution in [0.3, 0.4) is 0 Å². The van der Waals surface area contributed by atoms with Crippen LogP contribution in [0, 0.1) is 0 Å². The molecule has 5 heteroatoms. The molecule has 1 aliphatic rings. The minimum atomic E-state index is -0.463. The fraction of sp³-hybridized carbons (Fsp3) is 0.571. The maximum atomic E-state index is 12.2. The van der Waals surface area contributed by atoms with Gasteiger partial charge in [0, 0.05) is 6.54 Å². The van der Waals surface area contributed by atoms with Gasteiger partial charge < -0.3 is 4.74 Å². The van der Waals surface area contributed by atoms with Crippen molar-refractivity contribution in [3.8, 4) is 0 Å². The Morgan fingerprint density at radius 1 is 1.47 bits per heavy atom. The van der Waals surface area contributed by atoms with Crippen LogP contribution in [0.1, 0.15) is 45.3 Å². The molecule has 0 radical (unpaired) electrons. The Kier molecular flexibility index (Phi) is 4.13. The molecule has 2 rings (SSSR count). The molecule has 0 saturated carbocycles. The molecule has 1 atom stereocenters. The zero-order chi connectivity index (χ0) is 14.0. The maximum Gasteiger partial charge on any atom is 0.410 e. The van der Waals surface area contributed by atoms with Crippen LogP contribution in [0.4, 0.5) is 4.79 Å². The number of aromatic nitrogens is 1. The van der Waals surface area contributed by atoms with Crippen LogP contribution in [0.2, 0.25) is 0 Å². The predicted molar refractivity (Wildman–Crippen MR) is 76.9 cm³/mol. The van der Waals surface area contributed by atoms with E-state index in [4.69, 9.17) is 4.74 Å². The third kappa shape index (κ3) is 3.69. The molecule has 1 saturated heterocycles. The number of likely N-dealkylation sites (tertiary alicyclic amines) is 1. The molecular weight excluding hydrogens is 308 g/mol. The van der Waals surface area contributed by atoms with Crippen molar-refractivity contribution in [1.82, 2.24) is 9.88 Å². The van der Waals surface area contributed by atoms with E-state index in [9.17, 15) is 4.79 Å². The number of hydrogen-bond donors (Lipinski definition) is 0. The number of carbonyl (C=O) groups is 1. The summed E-state index contributed by atoms with van der Waals surface area (Å²) in [6.45, 7) is 6.38. The monoisotopic (exact) mass is 326 g/mol. The fourth-order valence-corrected chi connectivity index (χ4v) is 2.58. The van der Waals surface area contributed by atoms with Crippen molar-refractivity contribution in [3.63, 3.8) is 0 Å². The van der Waals surface area contributed by atoms with Crippen molar-refractivity contribution < 1.29 is 9.53 Å². The Labute approximate surface area is 122 Å². The van der Waals surface area contributed by atoms with E-state index in [0.29, 0.717) is 0 Å². The van der Waals surface area contributed by atoms with Gasteiger partial charge in [-0.15, -0.1) is 0 Å². The Morgan fingerprint density at radius 2 is 2.21 bits per heavy atom. The molecule has 4 nitrogen and oxygen atoms in total.